The number of nitrogens with one attached hydrogen (secondary N) is 1. The summed E-state index contributed by atoms with van der Waals surface area (Å²) in [6.45, 7) is 20.3. The molecule has 0 aliphatic rings. The first-order chi connectivity index (χ1) is 12.7. The van der Waals surface area contributed by atoms with E-state index in [4.69, 9.17) is 9.16 Å². The molecule has 158 valence electrons. The molecule has 0 aliphatic carbocycles. The predicted octanol–water partition coefficient (Wildman–Crippen LogP) is 6.14. The fourth-order valence-corrected chi connectivity index (χ4v) is 4.05. The Morgan fingerprint density at radius 3 is 2.36 bits per heavy atom. The first kappa shape index (κ1) is 24.7. The van der Waals surface area contributed by atoms with E-state index in [2.05, 4.69) is 78.7 Å². The van der Waals surface area contributed by atoms with Crippen molar-refractivity contribution in [2.24, 2.45) is 5.41 Å². The molecule has 1 N–H and O–H groups in total. The van der Waals surface area contributed by atoms with Crippen molar-refractivity contribution in [3.8, 4) is 11.8 Å². The molecule has 1 rings (SSSR count). The predicted molar refractivity (Wildman–Crippen MR) is 123 cm³/mol. The van der Waals surface area contributed by atoms with Crippen LogP contribution in [0.25, 0.3) is 0 Å². The second-order valence-corrected chi connectivity index (χ2v) is 15.6. The molecule has 0 unspecified atom stereocenters. The van der Waals surface area contributed by atoms with Crippen molar-refractivity contribution in [1.29, 1.82) is 0 Å². The molecule has 1 aromatic rings. The van der Waals surface area contributed by atoms with E-state index in [-0.39, 0.29) is 22.5 Å². The minimum atomic E-state index is -1.74. The number of rotatable bonds is 7. The Kier molecular flexibility index (Phi) is 8.37. The molecular weight excluding hydrogens is 386 g/mol. The fourth-order valence-electron chi connectivity index (χ4n) is 2.10. The lowest BCUT2D eigenvalue weighted by Gasteiger charge is -2.36. The standard InChI is InChI=1S/C22H37NO3SSi/c1-16(12-14-26-28(9,10)22(5,6)7)23-18-15-17(11-13-21(2,3)4)27-19(18)20(24)25-8/h15-16,23H,12,14H2,1-10H3/t16-/m0/s1. The van der Waals surface area contributed by atoms with Crippen molar-refractivity contribution in [2.45, 2.75) is 79.1 Å². The van der Waals surface area contributed by atoms with E-state index in [0.29, 0.717) is 11.5 Å². The number of thiophene rings is 1. The quantitative estimate of drug-likeness (QED) is 0.325. The normalized spacial score (nSPS) is 13.5. The summed E-state index contributed by atoms with van der Waals surface area (Å²) >= 11 is 1.37. The second-order valence-electron chi connectivity index (χ2n) is 9.79. The van der Waals surface area contributed by atoms with Gasteiger partial charge in [-0.3, -0.25) is 0 Å². The third kappa shape index (κ3) is 7.61. The van der Waals surface area contributed by atoms with Crippen LogP contribution in [0.1, 0.15) is 69.4 Å². The Morgan fingerprint density at radius 1 is 1.25 bits per heavy atom. The molecule has 0 bridgehead atoms. The zero-order valence-electron chi connectivity index (χ0n) is 19.2. The van der Waals surface area contributed by atoms with Gasteiger partial charge in [-0.15, -0.1) is 11.3 Å². The zero-order chi connectivity index (χ0) is 21.8. The van der Waals surface area contributed by atoms with Crippen LogP contribution in [0.4, 0.5) is 5.69 Å². The Bertz CT molecular complexity index is 730. The molecule has 0 aromatic carbocycles. The smallest absolute Gasteiger partial charge is 0.350 e. The molecule has 0 saturated heterocycles. The van der Waals surface area contributed by atoms with E-state index in [1.54, 1.807) is 0 Å². The molecule has 6 heteroatoms. The van der Waals surface area contributed by atoms with Crippen LogP contribution >= 0.6 is 11.3 Å². The van der Waals surface area contributed by atoms with Crippen LogP contribution in [0.3, 0.4) is 0 Å². The molecule has 0 radical (unpaired) electrons. The zero-order valence-corrected chi connectivity index (χ0v) is 21.0. The summed E-state index contributed by atoms with van der Waals surface area (Å²) in [6.07, 6.45) is 0.867. The molecule has 28 heavy (non-hydrogen) atoms. The van der Waals surface area contributed by atoms with Crippen LogP contribution in [0.5, 0.6) is 0 Å². The monoisotopic (exact) mass is 423 g/mol. The second kappa shape index (κ2) is 9.47. The third-order valence-corrected chi connectivity index (χ3v) is 10.5. The van der Waals surface area contributed by atoms with Gasteiger partial charge in [-0.25, -0.2) is 4.79 Å². The molecule has 0 amide bonds. The lowest BCUT2D eigenvalue weighted by Crippen LogP contribution is -2.41. The van der Waals surface area contributed by atoms with Crippen LogP contribution in [-0.4, -0.2) is 34.0 Å². The fraction of sp³-hybridized carbons (Fsp3) is 0.682. The Balaban J connectivity index is 2.84. The Hall–Kier alpha value is -1.29. The lowest BCUT2D eigenvalue weighted by molar-refractivity contribution is 0.0607. The van der Waals surface area contributed by atoms with Crippen molar-refractivity contribution < 1.29 is 14.0 Å². The number of carbonyl (C=O) groups excluding carboxylic acids is 1. The Morgan fingerprint density at radius 2 is 1.86 bits per heavy atom. The highest BCUT2D eigenvalue weighted by molar-refractivity contribution is 7.15. The van der Waals surface area contributed by atoms with Crippen LogP contribution in [-0.2, 0) is 9.16 Å². The van der Waals surface area contributed by atoms with Crippen LogP contribution in [0, 0.1) is 17.3 Å². The Labute approximate surface area is 176 Å². The molecular formula is C22H37NO3SSi. The van der Waals surface area contributed by atoms with Gasteiger partial charge in [-0.1, -0.05) is 32.6 Å². The van der Waals surface area contributed by atoms with E-state index in [1.807, 2.05) is 6.07 Å². The molecule has 0 aliphatic heterocycles. The van der Waals surface area contributed by atoms with Gasteiger partial charge in [0.1, 0.15) is 4.88 Å². The van der Waals surface area contributed by atoms with Crippen molar-refractivity contribution in [2.75, 3.05) is 19.0 Å². The molecule has 1 atom stereocenters. The number of esters is 1. The lowest BCUT2D eigenvalue weighted by atomic mass is 9.98. The third-order valence-electron chi connectivity index (χ3n) is 4.89. The van der Waals surface area contributed by atoms with E-state index in [1.165, 1.54) is 18.4 Å². The first-order valence-corrected chi connectivity index (χ1v) is 13.5. The highest BCUT2D eigenvalue weighted by atomic mass is 32.1. The summed E-state index contributed by atoms with van der Waals surface area (Å²) in [5.41, 5.74) is 0.701. The van der Waals surface area contributed by atoms with Crippen LogP contribution < -0.4 is 5.32 Å². The van der Waals surface area contributed by atoms with Gasteiger partial charge in [-0.05, 0) is 58.3 Å². The van der Waals surface area contributed by atoms with Crippen molar-refractivity contribution in [3.63, 3.8) is 0 Å². The van der Waals surface area contributed by atoms with Crippen molar-refractivity contribution in [3.05, 3.63) is 15.8 Å². The highest BCUT2D eigenvalue weighted by Gasteiger charge is 2.36. The summed E-state index contributed by atoms with van der Waals surface area (Å²) in [5.74, 6) is 6.07. The average Bonchev–Trinajstić information content (AvgIpc) is 2.93. The summed E-state index contributed by atoms with van der Waals surface area (Å²) in [6, 6.07) is 2.12. The minimum Gasteiger partial charge on any atom is -0.465 e. The van der Waals surface area contributed by atoms with Crippen molar-refractivity contribution >= 4 is 31.3 Å². The number of methoxy groups -OCH3 is 1. The maximum Gasteiger partial charge on any atom is 0.350 e. The molecule has 0 spiro atoms. The van der Waals surface area contributed by atoms with Gasteiger partial charge in [0.05, 0.1) is 17.7 Å². The highest BCUT2D eigenvalue weighted by Crippen LogP contribution is 2.36. The van der Waals surface area contributed by atoms with Gasteiger partial charge in [0.15, 0.2) is 8.32 Å². The first-order valence-electron chi connectivity index (χ1n) is 9.82. The van der Waals surface area contributed by atoms with Gasteiger partial charge in [0.2, 0.25) is 0 Å². The van der Waals surface area contributed by atoms with E-state index in [0.717, 1.165) is 17.0 Å². The molecule has 0 fully saturated rings. The average molecular weight is 424 g/mol. The van der Waals surface area contributed by atoms with Gasteiger partial charge >= 0.3 is 5.97 Å². The number of hydrogen-bond donors (Lipinski definition) is 1. The molecule has 0 saturated carbocycles. The van der Waals surface area contributed by atoms with Crippen LogP contribution in [0.2, 0.25) is 18.1 Å². The molecule has 1 aromatic heterocycles. The van der Waals surface area contributed by atoms with Gasteiger partial charge in [0, 0.05) is 18.1 Å². The number of hydrogen-bond acceptors (Lipinski definition) is 5. The molecule has 1 heterocycles. The number of ether oxygens (including phenoxy) is 1. The number of anilines is 1. The van der Waals surface area contributed by atoms with Gasteiger partial charge in [-0.2, -0.15) is 0 Å². The van der Waals surface area contributed by atoms with Gasteiger partial charge < -0.3 is 14.5 Å². The van der Waals surface area contributed by atoms with E-state index < -0.39 is 8.32 Å². The summed E-state index contributed by atoms with van der Waals surface area (Å²) in [5, 5.41) is 3.65. The van der Waals surface area contributed by atoms with E-state index >= 15 is 0 Å². The summed E-state index contributed by atoms with van der Waals surface area (Å²) < 4.78 is 11.2. The molecule has 4 nitrogen and oxygen atoms in total. The summed E-state index contributed by atoms with van der Waals surface area (Å²) in [7, 11) is -0.335. The van der Waals surface area contributed by atoms with Gasteiger partial charge in [0.25, 0.3) is 0 Å². The largest absolute Gasteiger partial charge is 0.465 e. The minimum absolute atomic E-state index is 0.0859. The maximum atomic E-state index is 12.2. The topological polar surface area (TPSA) is 47.6 Å². The summed E-state index contributed by atoms with van der Waals surface area (Å²) in [4.78, 5) is 13.6. The van der Waals surface area contributed by atoms with Crippen LogP contribution in [0.15, 0.2) is 6.07 Å². The SMILES string of the molecule is COC(=O)c1sc(C#CC(C)(C)C)cc1N[C@@H](C)CCO[Si](C)(C)C(C)(C)C. The van der Waals surface area contributed by atoms with E-state index in [9.17, 15) is 4.79 Å². The number of carbonyl (C=O) groups is 1. The van der Waals surface area contributed by atoms with Crippen molar-refractivity contribution in [1.82, 2.24) is 0 Å². The maximum absolute atomic E-state index is 12.2.